The molecule has 0 aliphatic carbocycles. The van der Waals surface area contributed by atoms with Crippen molar-refractivity contribution in [3.05, 3.63) is 42.0 Å². The summed E-state index contributed by atoms with van der Waals surface area (Å²) in [6.07, 6.45) is 1.00. The number of carbonyl (C=O) groups excluding carboxylic acids is 2. The Hall–Kier alpha value is -2.07. The average Bonchev–Trinajstić information content (AvgIpc) is 2.52. The van der Waals surface area contributed by atoms with E-state index in [9.17, 15) is 9.59 Å². The van der Waals surface area contributed by atoms with Gasteiger partial charge in [-0.3, -0.25) is 4.79 Å². The molecule has 5 heteroatoms. The van der Waals surface area contributed by atoms with Gasteiger partial charge in [-0.1, -0.05) is 24.3 Å². The van der Waals surface area contributed by atoms with Crippen LogP contribution in [0.1, 0.15) is 23.2 Å². The Balaban J connectivity index is 2.38. The molecule has 0 aliphatic heterocycles. The molecule has 0 spiro atoms. The minimum atomic E-state index is -0.397. The van der Waals surface area contributed by atoms with Crippen LogP contribution in [0.25, 0.3) is 10.8 Å². The molecule has 110 valence electrons. The highest BCUT2D eigenvalue weighted by atomic mass is 35.5. The maximum absolute atomic E-state index is 11.8. The molecule has 0 aliphatic rings. The fourth-order valence-electron chi connectivity index (χ4n) is 2.14. The first-order valence-corrected chi connectivity index (χ1v) is 7.16. The lowest BCUT2D eigenvalue weighted by molar-refractivity contribution is -0.116. The number of methoxy groups -OCH3 is 1. The third-order valence-electron chi connectivity index (χ3n) is 3.14. The van der Waals surface area contributed by atoms with Crippen LogP contribution in [0.15, 0.2) is 36.4 Å². The molecular weight excluding hydrogens is 290 g/mol. The molecule has 0 bridgehead atoms. The van der Waals surface area contributed by atoms with E-state index in [1.807, 2.05) is 24.3 Å². The van der Waals surface area contributed by atoms with Gasteiger partial charge in [0, 0.05) is 23.4 Å². The summed E-state index contributed by atoms with van der Waals surface area (Å²) in [5.74, 6) is -0.0343. The van der Waals surface area contributed by atoms with E-state index in [1.165, 1.54) is 7.11 Å². The van der Waals surface area contributed by atoms with Crippen molar-refractivity contribution in [2.24, 2.45) is 0 Å². The first-order valence-electron chi connectivity index (χ1n) is 6.63. The topological polar surface area (TPSA) is 55.4 Å². The Morgan fingerprint density at radius 3 is 2.52 bits per heavy atom. The predicted octanol–water partition coefficient (Wildman–Crippen LogP) is 3.58. The van der Waals surface area contributed by atoms with Crippen molar-refractivity contribution in [3.63, 3.8) is 0 Å². The van der Waals surface area contributed by atoms with Gasteiger partial charge in [0.2, 0.25) is 5.91 Å². The Morgan fingerprint density at radius 2 is 1.86 bits per heavy atom. The number of rotatable bonds is 5. The zero-order valence-corrected chi connectivity index (χ0v) is 12.4. The normalized spacial score (nSPS) is 10.4. The van der Waals surface area contributed by atoms with E-state index in [2.05, 4.69) is 5.32 Å². The Bertz CT molecular complexity index is 670. The first kappa shape index (κ1) is 15.3. The lowest BCUT2D eigenvalue weighted by atomic mass is 10.0. The van der Waals surface area contributed by atoms with Crippen LogP contribution in [0, 0.1) is 0 Å². The van der Waals surface area contributed by atoms with Crippen molar-refractivity contribution in [2.75, 3.05) is 18.3 Å². The second kappa shape index (κ2) is 7.09. The molecule has 0 unspecified atom stereocenters. The second-order valence-electron chi connectivity index (χ2n) is 4.54. The van der Waals surface area contributed by atoms with Crippen molar-refractivity contribution >= 4 is 39.9 Å². The third kappa shape index (κ3) is 3.52. The molecule has 0 saturated carbocycles. The monoisotopic (exact) mass is 305 g/mol. The average molecular weight is 306 g/mol. The number of ether oxygens (including phenoxy) is 1. The van der Waals surface area contributed by atoms with E-state index >= 15 is 0 Å². The van der Waals surface area contributed by atoms with Gasteiger partial charge in [0.25, 0.3) is 0 Å². The summed E-state index contributed by atoms with van der Waals surface area (Å²) in [7, 11) is 1.35. The fourth-order valence-corrected chi connectivity index (χ4v) is 2.27. The minimum Gasteiger partial charge on any atom is -0.465 e. The number of nitrogens with one attached hydrogen (secondary N) is 1. The molecule has 0 saturated heterocycles. The quantitative estimate of drug-likeness (QED) is 0.678. The summed E-state index contributed by atoms with van der Waals surface area (Å²) in [4.78, 5) is 23.6. The SMILES string of the molecule is COC(=O)c1ccc(NC(=O)CCCCl)c2ccccc12. The van der Waals surface area contributed by atoms with E-state index < -0.39 is 5.97 Å². The maximum atomic E-state index is 11.8. The molecule has 21 heavy (non-hydrogen) atoms. The van der Waals surface area contributed by atoms with E-state index in [0.29, 0.717) is 30.0 Å². The molecule has 0 aromatic heterocycles. The molecule has 0 heterocycles. The highest BCUT2D eigenvalue weighted by Crippen LogP contribution is 2.27. The summed E-state index contributed by atoms with van der Waals surface area (Å²) in [5, 5.41) is 4.41. The van der Waals surface area contributed by atoms with Gasteiger partial charge >= 0.3 is 5.97 Å². The summed E-state index contributed by atoms with van der Waals surface area (Å²) >= 11 is 5.58. The number of esters is 1. The standard InChI is InChI=1S/C16H16ClNO3/c1-21-16(20)13-8-9-14(18-15(19)7-4-10-17)12-6-3-2-5-11(12)13/h2-3,5-6,8-9H,4,7,10H2,1H3,(H,18,19). The zero-order chi connectivity index (χ0) is 15.2. The Labute approximate surface area is 128 Å². The number of amides is 1. The van der Waals surface area contributed by atoms with Gasteiger partial charge in [-0.2, -0.15) is 0 Å². The van der Waals surface area contributed by atoms with Crippen molar-refractivity contribution in [1.82, 2.24) is 0 Å². The summed E-state index contributed by atoms with van der Waals surface area (Å²) < 4.78 is 4.78. The molecule has 2 aromatic rings. The molecule has 0 radical (unpaired) electrons. The number of halogens is 1. The van der Waals surface area contributed by atoms with Crippen LogP contribution < -0.4 is 5.32 Å². The Morgan fingerprint density at radius 1 is 1.14 bits per heavy atom. The number of alkyl halides is 1. The third-order valence-corrected chi connectivity index (χ3v) is 3.41. The molecule has 0 atom stereocenters. The zero-order valence-electron chi connectivity index (χ0n) is 11.7. The minimum absolute atomic E-state index is 0.0911. The summed E-state index contributed by atoms with van der Waals surface area (Å²) in [6.45, 7) is 0. The highest BCUT2D eigenvalue weighted by molar-refractivity contribution is 6.18. The molecule has 1 amide bonds. The van der Waals surface area contributed by atoms with Crippen LogP contribution in [-0.4, -0.2) is 24.9 Å². The summed E-state index contributed by atoms with van der Waals surface area (Å²) in [5.41, 5.74) is 1.16. The van der Waals surface area contributed by atoms with Crippen molar-refractivity contribution in [3.8, 4) is 0 Å². The molecule has 0 fully saturated rings. The molecule has 2 aromatic carbocycles. The van der Waals surface area contributed by atoms with Gasteiger partial charge < -0.3 is 10.1 Å². The van der Waals surface area contributed by atoms with Crippen LogP contribution in [0.5, 0.6) is 0 Å². The number of anilines is 1. The van der Waals surface area contributed by atoms with Gasteiger partial charge in [0.1, 0.15) is 0 Å². The van der Waals surface area contributed by atoms with Crippen molar-refractivity contribution < 1.29 is 14.3 Å². The number of hydrogen-bond acceptors (Lipinski definition) is 3. The van der Waals surface area contributed by atoms with Gasteiger partial charge in [-0.25, -0.2) is 4.79 Å². The van der Waals surface area contributed by atoms with Crippen molar-refractivity contribution in [1.29, 1.82) is 0 Å². The Kier molecular flexibility index (Phi) is 5.17. The molecule has 1 N–H and O–H groups in total. The van der Waals surface area contributed by atoms with E-state index in [1.54, 1.807) is 12.1 Å². The molecular formula is C16H16ClNO3. The lowest BCUT2D eigenvalue weighted by Gasteiger charge is -2.11. The van der Waals surface area contributed by atoms with Crippen molar-refractivity contribution in [2.45, 2.75) is 12.8 Å². The fraction of sp³-hybridized carbons (Fsp3) is 0.250. The van der Waals surface area contributed by atoms with E-state index in [-0.39, 0.29) is 5.91 Å². The van der Waals surface area contributed by atoms with Crippen LogP contribution >= 0.6 is 11.6 Å². The van der Waals surface area contributed by atoms with Crippen LogP contribution in [0.2, 0.25) is 0 Å². The first-order chi connectivity index (χ1) is 10.2. The van der Waals surface area contributed by atoms with Crippen LogP contribution in [0.3, 0.4) is 0 Å². The van der Waals surface area contributed by atoms with Crippen LogP contribution in [-0.2, 0) is 9.53 Å². The maximum Gasteiger partial charge on any atom is 0.338 e. The largest absolute Gasteiger partial charge is 0.465 e. The number of fused-ring (bicyclic) bond motifs is 1. The number of hydrogen-bond donors (Lipinski definition) is 1. The second-order valence-corrected chi connectivity index (χ2v) is 4.92. The summed E-state index contributed by atoms with van der Waals surface area (Å²) in [6, 6.07) is 10.8. The van der Waals surface area contributed by atoms with Gasteiger partial charge in [-0.05, 0) is 23.9 Å². The molecule has 2 rings (SSSR count). The molecule has 4 nitrogen and oxygen atoms in total. The van der Waals surface area contributed by atoms with Gasteiger partial charge in [0.15, 0.2) is 0 Å². The lowest BCUT2D eigenvalue weighted by Crippen LogP contribution is -2.12. The highest BCUT2D eigenvalue weighted by Gasteiger charge is 2.13. The van der Waals surface area contributed by atoms with E-state index in [0.717, 1.165) is 10.8 Å². The van der Waals surface area contributed by atoms with Crippen LogP contribution in [0.4, 0.5) is 5.69 Å². The smallest absolute Gasteiger partial charge is 0.338 e. The number of benzene rings is 2. The predicted molar refractivity (Wildman–Crippen MR) is 83.9 cm³/mol. The number of carbonyl (C=O) groups is 2. The van der Waals surface area contributed by atoms with E-state index in [4.69, 9.17) is 16.3 Å². The van der Waals surface area contributed by atoms with Gasteiger partial charge in [0.05, 0.1) is 12.7 Å². The van der Waals surface area contributed by atoms with Gasteiger partial charge in [-0.15, -0.1) is 11.6 Å².